The van der Waals surface area contributed by atoms with Gasteiger partial charge in [0.2, 0.25) is 0 Å². The summed E-state index contributed by atoms with van der Waals surface area (Å²) in [5, 5.41) is 1.01. The number of primary amides is 1. The Hall–Kier alpha value is -1.72. The molecule has 0 saturated carbocycles. The molecular weight excluding hydrogens is 336 g/mol. The quantitative estimate of drug-likeness (QED) is 0.743. The number of amides is 1. The molecule has 0 fully saturated rings. The van der Waals surface area contributed by atoms with Gasteiger partial charge in [-0.3, -0.25) is 4.57 Å². The highest BCUT2D eigenvalue weighted by Gasteiger charge is 2.18. The third-order valence-electron chi connectivity index (χ3n) is 2.96. The molecule has 2 N–H and O–H groups in total. The highest BCUT2D eigenvalue weighted by molar-refractivity contribution is 9.10. The Morgan fingerprint density at radius 3 is 2.40 bits per heavy atom. The van der Waals surface area contributed by atoms with Crippen LogP contribution in [-0.2, 0) is 0 Å². The van der Waals surface area contributed by atoms with Crippen molar-refractivity contribution in [3.63, 3.8) is 0 Å². The van der Waals surface area contributed by atoms with Crippen LogP contribution in [0.1, 0.15) is 0 Å². The van der Waals surface area contributed by atoms with Gasteiger partial charge >= 0.3 is 6.03 Å². The van der Waals surface area contributed by atoms with Gasteiger partial charge in [0.1, 0.15) is 4.60 Å². The number of hydrogen-bond donors (Lipinski definition) is 1. The fraction of sp³-hybridized carbons (Fsp3) is 0. The first-order valence-electron chi connectivity index (χ1n) is 6.00. The SMILES string of the molecule is NC(=O)n1c(Br)c(Sc2ccccc2)c2ccccc21. The summed E-state index contributed by atoms with van der Waals surface area (Å²) in [6.07, 6.45) is 0. The first-order valence-corrected chi connectivity index (χ1v) is 7.61. The normalized spacial score (nSPS) is 10.8. The summed E-state index contributed by atoms with van der Waals surface area (Å²) in [7, 11) is 0. The van der Waals surface area contributed by atoms with E-state index < -0.39 is 6.03 Å². The average Bonchev–Trinajstić information content (AvgIpc) is 2.73. The lowest BCUT2D eigenvalue weighted by Gasteiger charge is -2.02. The molecule has 5 heteroatoms. The number of para-hydroxylation sites is 1. The van der Waals surface area contributed by atoms with Gasteiger partial charge in [-0.1, -0.05) is 48.2 Å². The Labute approximate surface area is 128 Å². The molecule has 1 heterocycles. The molecule has 3 aromatic rings. The molecule has 3 rings (SSSR count). The molecule has 0 atom stereocenters. The molecule has 2 aromatic carbocycles. The van der Waals surface area contributed by atoms with Gasteiger partial charge in [0, 0.05) is 10.3 Å². The molecule has 0 aliphatic carbocycles. The van der Waals surface area contributed by atoms with Crippen molar-refractivity contribution in [3.05, 3.63) is 59.2 Å². The van der Waals surface area contributed by atoms with Gasteiger partial charge in [-0.2, -0.15) is 0 Å². The summed E-state index contributed by atoms with van der Waals surface area (Å²) >= 11 is 5.10. The smallest absolute Gasteiger partial charge is 0.324 e. The van der Waals surface area contributed by atoms with E-state index >= 15 is 0 Å². The largest absolute Gasteiger partial charge is 0.351 e. The molecule has 1 aromatic heterocycles. The van der Waals surface area contributed by atoms with E-state index in [4.69, 9.17) is 5.73 Å². The summed E-state index contributed by atoms with van der Waals surface area (Å²) in [4.78, 5) is 13.8. The first kappa shape index (κ1) is 13.3. The third kappa shape index (κ3) is 2.23. The number of rotatable bonds is 2. The van der Waals surface area contributed by atoms with Crippen molar-refractivity contribution in [2.24, 2.45) is 5.73 Å². The zero-order chi connectivity index (χ0) is 14.1. The summed E-state index contributed by atoms with van der Waals surface area (Å²) < 4.78 is 2.18. The number of benzene rings is 2. The zero-order valence-corrected chi connectivity index (χ0v) is 12.8. The maximum Gasteiger partial charge on any atom is 0.324 e. The van der Waals surface area contributed by atoms with Crippen molar-refractivity contribution < 1.29 is 4.79 Å². The maximum absolute atomic E-state index is 11.6. The van der Waals surface area contributed by atoms with Gasteiger partial charge in [0.25, 0.3) is 0 Å². The second-order valence-corrected chi connectivity index (χ2v) is 6.06. The Morgan fingerprint density at radius 1 is 1.05 bits per heavy atom. The van der Waals surface area contributed by atoms with Crippen molar-refractivity contribution in [2.75, 3.05) is 0 Å². The number of aromatic nitrogens is 1. The molecule has 1 amide bonds. The van der Waals surface area contributed by atoms with E-state index in [9.17, 15) is 4.79 Å². The molecule has 20 heavy (non-hydrogen) atoms. The van der Waals surface area contributed by atoms with Gasteiger partial charge in [0.05, 0.1) is 10.4 Å². The fourth-order valence-electron chi connectivity index (χ4n) is 2.10. The minimum absolute atomic E-state index is 0.493. The lowest BCUT2D eigenvalue weighted by molar-refractivity contribution is 0.250. The van der Waals surface area contributed by atoms with E-state index in [2.05, 4.69) is 15.9 Å². The monoisotopic (exact) mass is 346 g/mol. The highest BCUT2D eigenvalue weighted by Crippen LogP contribution is 2.40. The lowest BCUT2D eigenvalue weighted by atomic mass is 10.2. The Bertz CT molecular complexity index is 783. The van der Waals surface area contributed by atoms with Crippen LogP contribution in [0.15, 0.2) is 69.0 Å². The predicted octanol–water partition coefficient (Wildman–Crippen LogP) is 4.48. The maximum atomic E-state index is 11.6. The summed E-state index contributed by atoms with van der Waals surface area (Å²) in [5.41, 5.74) is 6.28. The first-order chi connectivity index (χ1) is 9.68. The number of nitrogens with zero attached hydrogens (tertiary/aromatic N) is 1. The molecule has 0 saturated heterocycles. The van der Waals surface area contributed by atoms with Crippen molar-refractivity contribution in [1.29, 1.82) is 0 Å². The van der Waals surface area contributed by atoms with Gasteiger partial charge in [0.15, 0.2) is 0 Å². The van der Waals surface area contributed by atoms with Crippen molar-refractivity contribution >= 4 is 44.6 Å². The van der Waals surface area contributed by atoms with Gasteiger partial charge in [-0.15, -0.1) is 0 Å². The summed E-state index contributed by atoms with van der Waals surface area (Å²) in [6.45, 7) is 0. The Kier molecular flexibility index (Phi) is 3.54. The number of carbonyl (C=O) groups excluding carboxylic acids is 1. The number of nitrogens with two attached hydrogens (primary N) is 1. The van der Waals surface area contributed by atoms with Crippen LogP contribution in [0.3, 0.4) is 0 Å². The molecular formula is C15H11BrN2OS. The minimum atomic E-state index is -0.493. The third-order valence-corrected chi connectivity index (χ3v) is 5.10. The van der Waals surface area contributed by atoms with Gasteiger partial charge < -0.3 is 5.73 Å². The molecule has 0 aliphatic heterocycles. The highest BCUT2D eigenvalue weighted by atomic mass is 79.9. The molecule has 0 spiro atoms. The van der Waals surface area contributed by atoms with Crippen LogP contribution < -0.4 is 5.73 Å². The Morgan fingerprint density at radius 2 is 1.70 bits per heavy atom. The van der Waals surface area contributed by atoms with Crippen LogP contribution in [0.25, 0.3) is 10.9 Å². The van der Waals surface area contributed by atoms with Crippen LogP contribution in [0.2, 0.25) is 0 Å². The molecule has 3 nitrogen and oxygen atoms in total. The standard InChI is InChI=1S/C15H11BrN2OS/c16-14-13(20-10-6-2-1-3-7-10)11-8-4-5-9-12(11)18(14)15(17)19/h1-9H,(H2,17,19). The van der Waals surface area contributed by atoms with E-state index in [1.54, 1.807) is 11.8 Å². The van der Waals surface area contributed by atoms with Crippen LogP contribution in [-0.4, -0.2) is 10.6 Å². The molecule has 0 radical (unpaired) electrons. The van der Waals surface area contributed by atoms with E-state index in [0.717, 1.165) is 20.7 Å². The van der Waals surface area contributed by atoms with Gasteiger partial charge in [-0.05, 0) is 34.1 Å². The molecule has 0 bridgehead atoms. The molecule has 100 valence electrons. The topological polar surface area (TPSA) is 48.0 Å². The van der Waals surface area contributed by atoms with Gasteiger partial charge in [-0.25, -0.2) is 4.79 Å². The second-order valence-electron chi connectivity index (χ2n) is 4.23. The van der Waals surface area contributed by atoms with E-state index in [1.165, 1.54) is 4.57 Å². The second kappa shape index (κ2) is 5.34. The fourth-order valence-corrected chi connectivity index (χ4v) is 3.91. The summed E-state index contributed by atoms with van der Waals surface area (Å²) in [6, 6.07) is 17.3. The van der Waals surface area contributed by atoms with E-state index in [1.807, 2.05) is 54.6 Å². The van der Waals surface area contributed by atoms with Crippen LogP contribution in [0, 0.1) is 0 Å². The predicted molar refractivity (Wildman–Crippen MR) is 85.2 cm³/mol. The van der Waals surface area contributed by atoms with Crippen LogP contribution >= 0.6 is 27.7 Å². The molecule has 0 unspecified atom stereocenters. The summed E-state index contributed by atoms with van der Waals surface area (Å²) in [5.74, 6) is 0. The van der Waals surface area contributed by atoms with Crippen molar-refractivity contribution in [2.45, 2.75) is 9.79 Å². The van der Waals surface area contributed by atoms with E-state index in [-0.39, 0.29) is 0 Å². The number of fused-ring (bicyclic) bond motifs is 1. The molecule has 0 aliphatic rings. The van der Waals surface area contributed by atoms with Crippen LogP contribution in [0.5, 0.6) is 0 Å². The minimum Gasteiger partial charge on any atom is -0.351 e. The lowest BCUT2D eigenvalue weighted by Crippen LogP contribution is -2.19. The number of hydrogen-bond acceptors (Lipinski definition) is 2. The number of halogens is 1. The average molecular weight is 347 g/mol. The van der Waals surface area contributed by atoms with Crippen LogP contribution in [0.4, 0.5) is 4.79 Å². The van der Waals surface area contributed by atoms with Crippen molar-refractivity contribution in [1.82, 2.24) is 4.57 Å². The Balaban J connectivity index is 2.20. The zero-order valence-electron chi connectivity index (χ0n) is 10.4. The van der Waals surface area contributed by atoms with E-state index in [0.29, 0.717) is 4.60 Å². The number of carbonyl (C=O) groups is 1. The van der Waals surface area contributed by atoms with Crippen molar-refractivity contribution in [3.8, 4) is 0 Å².